The molecule has 21 heavy (non-hydrogen) atoms. The van der Waals surface area contributed by atoms with Crippen molar-refractivity contribution >= 4 is 17.8 Å². The number of carbonyl (C=O) groups is 1. The molecule has 0 unspecified atom stereocenters. The fraction of sp³-hybridized carbons (Fsp3) is 0.467. The lowest BCUT2D eigenvalue weighted by molar-refractivity contribution is -0.385. The first-order valence-corrected chi connectivity index (χ1v) is 7.13. The second-order valence-electron chi connectivity index (χ2n) is 4.86. The third-order valence-corrected chi connectivity index (χ3v) is 3.11. The molecule has 6 heteroatoms. The Morgan fingerprint density at radius 1 is 1.38 bits per heavy atom. The molecule has 0 spiro atoms. The highest BCUT2D eigenvalue weighted by molar-refractivity contribution is 5.95. The summed E-state index contributed by atoms with van der Waals surface area (Å²) in [4.78, 5) is 22.1. The quantitative estimate of drug-likeness (QED) is 0.344. The number of aryl methyl sites for hydroxylation is 1. The molecular formula is C15H21N3O3. The molecule has 1 rings (SSSR count). The van der Waals surface area contributed by atoms with E-state index < -0.39 is 10.8 Å². The average molecular weight is 291 g/mol. The second kappa shape index (κ2) is 8.84. The number of nitrogens with zero attached hydrogens (tertiary/aromatic N) is 2. The number of unbranched alkanes of at least 4 members (excludes halogenated alkanes) is 4. The number of nitrogens with one attached hydrogen (secondary N) is 1. The number of hydrogen-bond acceptors (Lipinski definition) is 4. The molecule has 0 radical (unpaired) electrons. The van der Waals surface area contributed by atoms with Gasteiger partial charge in [-0.2, -0.15) is 5.10 Å². The van der Waals surface area contributed by atoms with Gasteiger partial charge in [-0.1, -0.05) is 32.3 Å². The van der Waals surface area contributed by atoms with Crippen molar-refractivity contribution in [2.45, 2.75) is 46.0 Å². The van der Waals surface area contributed by atoms with Crippen LogP contribution in [0.5, 0.6) is 0 Å². The van der Waals surface area contributed by atoms with Gasteiger partial charge >= 0.3 is 0 Å². The van der Waals surface area contributed by atoms with E-state index in [2.05, 4.69) is 17.5 Å². The van der Waals surface area contributed by atoms with Crippen LogP contribution >= 0.6 is 0 Å². The predicted octanol–water partition coefficient (Wildman–Crippen LogP) is 3.59. The Morgan fingerprint density at radius 3 is 2.81 bits per heavy atom. The Bertz CT molecular complexity index is 527. The van der Waals surface area contributed by atoms with Crippen molar-refractivity contribution in [2.75, 3.05) is 0 Å². The van der Waals surface area contributed by atoms with Crippen LogP contribution in [-0.2, 0) is 0 Å². The van der Waals surface area contributed by atoms with E-state index in [1.807, 2.05) is 0 Å². The number of rotatable bonds is 8. The van der Waals surface area contributed by atoms with Crippen molar-refractivity contribution in [1.29, 1.82) is 0 Å². The fourth-order valence-corrected chi connectivity index (χ4v) is 1.84. The van der Waals surface area contributed by atoms with Crippen molar-refractivity contribution < 1.29 is 9.72 Å². The van der Waals surface area contributed by atoms with Crippen molar-refractivity contribution in [2.24, 2.45) is 5.10 Å². The molecule has 0 fully saturated rings. The summed E-state index contributed by atoms with van der Waals surface area (Å²) < 4.78 is 0. The molecule has 0 aromatic heterocycles. The Balaban J connectivity index is 2.50. The van der Waals surface area contributed by atoms with E-state index in [-0.39, 0.29) is 11.3 Å². The van der Waals surface area contributed by atoms with Gasteiger partial charge in [-0.25, -0.2) is 5.43 Å². The van der Waals surface area contributed by atoms with E-state index in [0.717, 1.165) is 19.3 Å². The smallest absolute Gasteiger partial charge is 0.267 e. The lowest BCUT2D eigenvalue weighted by Gasteiger charge is -2.02. The Kier molecular flexibility index (Phi) is 7.08. The van der Waals surface area contributed by atoms with E-state index in [0.29, 0.717) is 5.56 Å². The minimum atomic E-state index is -0.497. The monoisotopic (exact) mass is 291 g/mol. The summed E-state index contributed by atoms with van der Waals surface area (Å²) in [6, 6.07) is 4.37. The average Bonchev–Trinajstić information content (AvgIpc) is 2.46. The van der Waals surface area contributed by atoms with Gasteiger partial charge in [0.1, 0.15) is 0 Å². The van der Waals surface area contributed by atoms with Crippen LogP contribution in [0.3, 0.4) is 0 Å². The molecule has 1 aromatic carbocycles. The molecule has 0 saturated heterocycles. The highest BCUT2D eigenvalue weighted by Crippen LogP contribution is 2.19. The molecule has 114 valence electrons. The van der Waals surface area contributed by atoms with Crippen molar-refractivity contribution in [3.05, 3.63) is 39.4 Å². The van der Waals surface area contributed by atoms with Gasteiger partial charge in [0, 0.05) is 23.4 Å². The largest absolute Gasteiger partial charge is 0.273 e. The Hall–Kier alpha value is -2.24. The van der Waals surface area contributed by atoms with Crippen LogP contribution in [0.15, 0.2) is 23.3 Å². The Labute approximate surface area is 124 Å². The summed E-state index contributed by atoms with van der Waals surface area (Å²) in [6.45, 7) is 3.78. The molecule has 1 amide bonds. The number of benzene rings is 1. The number of hydrogen-bond donors (Lipinski definition) is 1. The summed E-state index contributed by atoms with van der Waals surface area (Å²) in [5.74, 6) is -0.442. The minimum absolute atomic E-state index is 0.0637. The number of nitro benzene ring substituents is 1. The van der Waals surface area contributed by atoms with Gasteiger partial charge in [-0.05, 0) is 25.8 Å². The number of hydrazone groups is 1. The van der Waals surface area contributed by atoms with Crippen molar-refractivity contribution in [1.82, 2.24) is 5.43 Å². The number of amides is 1. The minimum Gasteiger partial charge on any atom is -0.267 e. The predicted molar refractivity (Wildman–Crippen MR) is 82.6 cm³/mol. The molecule has 0 aliphatic carbocycles. The maximum absolute atomic E-state index is 11.8. The molecule has 0 atom stereocenters. The molecule has 0 heterocycles. The summed E-state index contributed by atoms with van der Waals surface area (Å²) in [5, 5.41) is 14.7. The van der Waals surface area contributed by atoms with Gasteiger partial charge in [0.05, 0.1) is 4.92 Å². The standard InChI is InChI=1S/C15H21N3O3/c1-3-4-5-6-7-10-16-17-15(19)13-9-8-12(2)14(11-13)18(20)21/h8-11H,3-7H2,1-2H3,(H,17,19). The van der Waals surface area contributed by atoms with E-state index in [9.17, 15) is 14.9 Å². The van der Waals surface area contributed by atoms with Crippen LogP contribution in [0, 0.1) is 17.0 Å². The first-order valence-electron chi connectivity index (χ1n) is 7.13. The number of carbonyl (C=O) groups excluding carboxylic acids is 1. The van der Waals surface area contributed by atoms with Crippen LogP contribution in [-0.4, -0.2) is 17.0 Å². The van der Waals surface area contributed by atoms with Gasteiger partial charge < -0.3 is 0 Å². The van der Waals surface area contributed by atoms with Crippen LogP contribution in [0.1, 0.15) is 54.9 Å². The van der Waals surface area contributed by atoms with Crippen molar-refractivity contribution in [3.8, 4) is 0 Å². The lowest BCUT2D eigenvalue weighted by Crippen LogP contribution is -2.17. The van der Waals surface area contributed by atoms with Crippen LogP contribution in [0.25, 0.3) is 0 Å². The third-order valence-electron chi connectivity index (χ3n) is 3.11. The summed E-state index contributed by atoms with van der Waals surface area (Å²) in [7, 11) is 0. The first kappa shape index (κ1) is 16.8. The second-order valence-corrected chi connectivity index (χ2v) is 4.86. The fourth-order valence-electron chi connectivity index (χ4n) is 1.84. The highest BCUT2D eigenvalue weighted by atomic mass is 16.6. The summed E-state index contributed by atoms with van der Waals surface area (Å²) in [6.07, 6.45) is 7.06. The van der Waals surface area contributed by atoms with Gasteiger partial charge in [0.25, 0.3) is 11.6 Å². The number of nitro groups is 1. The molecule has 0 aliphatic heterocycles. The molecule has 0 saturated carbocycles. The van der Waals surface area contributed by atoms with E-state index in [1.165, 1.54) is 18.9 Å². The molecule has 0 bridgehead atoms. The van der Waals surface area contributed by atoms with Crippen LogP contribution in [0.2, 0.25) is 0 Å². The van der Waals surface area contributed by atoms with E-state index in [1.54, 1.807) is 25.3 Å². The van der Waals surface area contributed by atoms with Crippen LogP contribution < -0.4 is 5.43 Å². The maximum Gasteiger partial charge on any atom is 0.273 e. The molecule has 6 nitrogen and oxygen atoms in total. The van der Waals surface area contributed by atoms with Crippen molar-refractivity contribution in [3.63, 3.8) is 0 Å². The van der Waals surface area contributed by atoms with Gasteiger partial charge in [-0.3, -0.25) is 14.9 Å². The molecule has 0 aliphatic rings. The normalized spacial score (nSPS) is 10.8. The zero-order valence-corrected chi connectivity index (χ0v) is 12.5. The zero-order valence-electron chi connectivity index (χ0n) is 12.5. The van der Waals surface area contributed by atoms with E-state index in [4.69, 9.17) is 0 Å². The van der Waals surface area contributed by atoms with E-state index >= 15 is 0 Å². The molecule has 1 aromatic rings. The van der Waals surface area contributed by atoms with Crippen LogP contribution in [0.4, 0.5) is 5.69 Å². The third kappa shape index (κ3) is 5.72. The first-order chi connectivity index (χ1) is 10.1. The molecule has 1 N–H and O–H groups in total. The summed E-state index contributed by atoms with van der Waals surface area (Å²) >= 11 is 0. The van der Waals surface area contributed by atoms with Gasteiger partial charge in [-0.15, -0.1) is 0 Å². The van der Waals surface area contributed by atoms with Gasteiger partial charge in [0.15, 0.2) is 0 Å². The summed E-state index contributed by atoms with van der Waals surface area (Å²) in [5.41, 5.74) is 3.08. The topological polar surface area (TPSA) is 84.6 Å². The molecular weight excluding hydrogens is 270 g/mol. The zero-order chi connectivity index (χ0) is 15.7. The highest BCUT2D eigenvalue weighted by Gasteiger charge is 2.14. The Morgan fingerprint density at radius 2 is 2.14 bits per heavy atom. The lowest BCUT2D eigenvalue weighted by atomic mass is 10.1. The SMILES string of the molecule is CCCCCCC=NNC(=O)c1ccc(C)c([N+](=O)[O-])c1. The van der Waals surface area contributed by atoms with Gasteiger partial charge in [0.2, 0.25) is 0 Å². The maximum atomic E-state index is 11.8.